The summed E-state index contributed by atoms with van der Waals surface area (Å²) in [7, 11) is 0. The number of likely N-dealkylation sites (N-methyl/N-ethyl adjacent to an activating group) is 1. The third-order valence-corrected chi connectivity index (χ3v) is 7.59. The lowest BCUT2D eigenvalue weighted by Crippen LogP contribution is -2.46. The van der Waals surface area contributed by atoms with Gasteiger partial charge in [0.15, 0.2) is 22.4 Å². The Kier molecular flexibility index (Phi) is 7.80. The summed E-state index contributed by atoms with van der Waals surface area (Å²) >= 11 is 1.52. The molecule has 10 heteroatoms. The predicted molar refractivity (Wildman–Crippen MR) is 147 cm³/mol. The zero-order chi connectivity index (χ0) is 26.7. The van der Waals surface area contributed by atoms with Gasteiger partial charge in [-0.15, -0.1) is 0 Å². The highest BCUT2D eigenvalue weighted by Crippen LogP contribution is 2.32. The summed E-state index contributed by atoms with van der Waals surface area (Å²) in [4.78, 5) is 27.2. The molecule has 2 aliphatic rings. The molecule has 1 N–H and O–H groups in total. The number of ether oxygens (including phenoxy) is 2. The lowest BCUT2D eigenvalue weighted by atomic mass is 9.92. The van der Waals surface area contributed by atoms with Crippen molar-refractivity contribution in [1.82, 2.24) is 20.2 Å². The summed E-state index contributed by atoms with van der Waals surface area (Å²) in [5.74, 6) is 3.64. The second kappa shape index (κ2) is 11.2. The summed E-state index contributed by atoms with van der Waals surface area (Å²) in [6.45, 7) is 14.4. The average molecular weight is 538 g/mol. The molecule has 38 heavy (non-hydrogen) atoms. The summed E-state index contributed by atoms with van der Waals surface area (Å²) in [5.41, 5.74) is 1.85. The van der Waals surface area contributed by atoms with Crippen molar-refractivity contribution in [3.63, 3.8) is 0 Å². The highest BCUT2D eigenvalue weighted by atomic mass is 32.2. The van der Waals surface area contributed by atoms with Gasteiger partial charge in [-0.05, 0) is 36.4 Å². The number of amides is 1. The second-order valence-corrected chi connectivity index (χ2v) is 11.4. The van der Waals surface area contributed by atoms with Gasteiger partial charge >= 0.3 is 0 Å². The molecular weight excluding hydrogens is 502 g/mol. The van der Waals surface area contributed by atoms with Crippen molar-refractivity contribution < 1.29 is 18.7 Å². The standard InChI is InChI=1S/C28H35N5O4S/c1-5-32-10-12-33(13-11-32)25-15-24(28(2,3)4)30-27(31-25)38-17-20-7-9-22(37-20)26(34)29-16-19-6-8-21-23(14-19)36-18-35-21/h6-9,14-15H,5,10-13,16-18H2,1-4H3,(H,29,34). The molecule has 4 heterocycles. The molecule has 5 rings (SSSR count). The van der Waals surface area contributed by atoms with Gasteiger partial charge in [-0.25, -0.2) is 9.97 Å². The Bertz CT molecular complexity index is 1280. The number of rotatable bonds is 8. The summed E-state index contributed by atoms with van der Waals surface area (Å²) in [6.07, 6.45) is 0. The number of benzene rings is 1. The first kappa shape index (κ1) is 26.4. The fourth-order valence-corrected chi connectivity index (χ4v) is 5.10. The molecular formula is C28H35N5O4S. The fraction of sp³-hybridized carbons (Fsp3) is 0.464. The van der Waals surface area contributed by atoms with Crippen molar-refractivity contribution in [3.8, 4) is 11.5 Å². The van der Waals surface area contributed by atoms with E-state index >= 15 is 0 Å². The molecule has 0 radical (unpaired) electrons. The van der Waals surface area contributed by atoms with Crippen molar-refractivity contribution in [2.45, 2.75) is 50.6 Å². The molecule has 0 unspecified atom stereocenters. The van der Waals surface area contributed by atoms with E-state index in [0.29, 0.717) is 23.8 Å². The molecule has 0 bridgehead atoms. The first-order valence-corrected chi connectivity index (χ1v) is 14.0. The summed E-state index contributed by atoms with van der Waals surface area (Å²) < 4.78 is 16.6. The largest absolute Gasteiger partial charge is 0.455 e. The van der Waals surface area contributed by atoms with Crippen LogP contribution in [0.3, 0.4) is 0 Å². The quantitative estimate of drug-likeness (QED) is 0.330. The van der Waals surface area contributed by atoms with E-state index in [1.165, 1.54) is 11.8 Å². The minimum Gasteiger partial charge on any atom is -0.455 e. The number of aromatic nitrogens is 2. The van der Waals surface area contributed by atoms with E-state index in [9.17, 15) is 4.79 Å². The van der Waals surface area contributed by atoms with E-state index in [-0.39, 0.29) is 23.9 Å². The first-order valence-electron chi connectivity index (χ1n) is 13.0. The third-order valence-electron chi connectivity index (χ3n) is 6.72. The van der Waals surface area contributed by atoms with Gasteiger partial charge < -0.3 is 29.0 Å². The SMILES string of the molecule is CCN1CCN(c2cc(C(C)(C)C)nc(SCc3ccc(C(=O)NCc4ccc5c(c4)OCO5)o3)n2)CC1. The number of fused-ring (bicyclic) bond motifs is 1. The summed E-state index contributed by atoms with van der Waals surface area (Å²) in [5, 5.41) is 3.62. The Morgan fingerprint density at radius 2 is 1.82 bits per heavy atom. The number of nitrogens with zero attached hydrogens (tertiary/aromatic N) is 4. The van der Waals surface area contributed by atoms with Crippen LogP contribution in [0.2, 0.25) is 0 Å². The molecule has 2 aromatic heterocycles. The Morgan fingerprint density at radius 1 is 1.03 bits per heavy atom. The maximum atomic E-state index is 12.7. The third kappa shape index (κ3) is 6.24. The maximum absolute atomic E-state index is 12.7. The van der Waals surface area contributed by atoms with Gasteiger partial charge in [0.1, 0.15) is 11.6 Å². The van der Waals surface area contributed by atoms with Crippen LogP contribution in [-0.4, -0.2) is 60.3 Å². The lowest BCUT2D eigenvalue weighted by molar-refractivity contribution is 0.0921. The topological polar surface area (TPSA) is 93.0 Å². The Morgan fingerprint density at radius 3 is 2.58 bits per heavy atom. The number of thioether (sulfide) groups is 1. The summed E-state index contributed by atoms with van der Waals surface area (Å²) in [6, 6.07) is 11.3. The molecule has 0 spiro atoms. The molecule has 1 saturated heterocycles. The van der Waals surface area contributed by atoms with E-state index in [2.05, 4.69) is 48.9 Å². The highest BCUT2D eigenvalue weighted by molar-refractivity contribution is 7.98. The zero-order valence-corrected chi connectivity index (χ0v) is 23.3. The molecule has 0 saturated carbocycles. The number of carbonyl (C=O) groups is 1. The van der Waals surface area contributed by atoms with Gasteiger partial charge in [0, 0.05) is 44.2 Å². The number of anilines is 1. The van der Waals surface area contributed by atoms with Gasteiger partial charge in [0.05, 0.1) is 11.4 Å². The van der Waals surface area contributed by atoms with Crippen molar-refractivity contribution >= 4 is 23.5 Å². The van der Waals surface area contributed by atoms with Crippen molar-refractivity contribution in [3.05, 3.63) is 59.2 Å². The molecule has 0 aliphatic carbocycles. The monoisotopic (exact) mass is 537 g/mol. The molecule has 9 nitrogen and oxygen atoms in total. The number of hydrogen-bond acceptors (Lipinski definition) is 9. The second-order valence-electron chi connectivity index (χ2n) is 10.5. The fourth-order valence-electron chi connectivity index (χ4n) is 4.35. The van der Waals surface area contributed by atoms with E-state index in [1.807, 2.05) is 24.3 Å². The maximum Gasteiger partial charge on any atom is 0.287 e. The van der Waals surface area contributed by atoms with Gasteiger partial charge in [-0.2, -0.15) is 0 Å². The van der Waals surface area contributed by atoms with Crippen LogP contribution in [0.4, 0.5) is 5.82 Å². The molecule has 1 aromatic carbocycles. The van der Waals surface area contributed by atoms with Crippen molar-refractivity contribution in [2.75, 3.05) is 44.4 Å². The van der Waals surface area contributed by atoms with Crippen LogP contribution in [0.5, 0.6) is 11.5 Å². The molecule has 0 atom stereocenters. The number of carbonyl (C=O) groups excluding carboxylic acids is 1. The first-order chi connectivity index (χ1) is 18.3. The number of hydrogen-bond donors (Lipinski definition) is 1. The number of nitrogens with one attached hydrogen (secondary N) is 1. The van der Waals surface area contributed by atoms with Crippen molar-refractivity contribution in [2.24, 2.45) is 0 Å². The van der Waals surface area contributed by atoms with Crippen LogP contribution in [0.25, 0.3) is 0 Å². The van der Waals surface area contributed by atoms with Crippen LogP contribution in [-0.2, 0) is 17.7 Å². The van der Waals surface area contributed by atoms with Crippen LogP contribution >= 0.6 is 11.8 Å². The molecule has 1 amide bonds. The average Bonchev–Trinajstić information content (AvgIpc) is 3.59. The number of furan rings is 1. The van der Waals surface area contributed by atoms with Gasteiger partial charge in [0.25, 0.3) is 5.91 Å². The normalized spacial score (nSPS) is 15.6. The van der Waals surface area contributed by atoms with Gasteiger partial charge in [0.2, 0.25) is 6.79 Å². The van der Waals surface area contributed by atoms with Crippen LogP contribution in [0, 0.1) is 0 Å². The molecule has 3 aromatic rings. The smallest absolute Gasteiger partial charge is 0.287 e. The van der Waals surface area contributed by atoms with Crippen LogP contribution < -0.4 is 19.7 Å². The predicted octanol–water partition coefficient (Wildman–Crippen LogP) is 4.46. The minimum atomic E-state index is -0.265. The lowest BCUT2D eigenvalue weighted by Gasteiger charge is -2.35. The van der Waals surface area contributed by atoms with Crippen LogP contribution in [0.1, 0.15) is 55.3 Å². The minimum absolute atomic E-state index is 0.0911. The van der Waals surface area contributed by atoms with Gasteiger partial charge in [-0.3, -0.25) is 4.79 Å². The van der Waals surface area contributed by atoms with Crippen molar-refractivity contribution in [1.29, 1.82) is 0 Å². The van der Waals surface area contributed by atoms with E-state index in [0.717, 1.165) is 60.7 Å². The highest BCUT2D eigenvalue weighted by Gasteiger charge is 2.23. The Labute approximate surface area is 227 Å². The Balaban J connectivity index is 1.21. The van der Waals surface area contributed by atoms with E-state index in [4.69, 9.17) is 23.9 Å². The molecule has 202 valence electrons. The molecule has 2 aliphatic heterocycles. The Hall–Kier alpha value is -3.24. The van der Waals surface area contributed by atoms with E-state index < -0.39 is 0 Å². The van der Waals surface area contributed by atoms with Crippen LogP contribution in [0.15, 0.2) is 46.0 Å². The number of piperazine rings is 1. The zero-order valence-electron chi connectivity index (χ0n) is 22.5. The molecule has 1 fully saturated rings. The van der Waals surface area contributed by atoms with Gasteiger partial charge in [-0.1, -0.05) is 45.5 Å². The van der Waals surface area contributed by atoms with E-state index in [1.54, 1.807) is 6.07 Å².